The van der Waals surface area contributed by atoms with Gasteiger partial charge in [-0.15, -0.1) is 0 Å². The molecular weight excluding hydrogens is 691 g/mol. The number of alkyl halides is 9. The zero-order valence-corrected chi connectivity index (χ0v) is 27.9. The van der Waals surface area contributed by atoms with Crippen LogP contribution in [-0.2, 0) is 47.4 Å². The van der Waals surface area contributed by atoms with Crippen molar-refractivity contribution in [3.05, 3.63) is 106 Å². The molecule has 0 aliphatic rings. The summed E-state index contributed by atoms with van der Waals surface area (Å²) in [5, 5.41) is 8.66. The van der Waals surface area contributed by atoms with Gasteiger partial charge in [0.1, 0.15) is 0 Å². The van der Waals surface area contributed by atoms with Crippen LogP contribution in [0.2, 0.25) is 0 Å². The highest BCUT2D eigenvalue weighted by Gasteiger charge is 2.31. The number of carboxylic acids is 1. The van der Waals surface area contributed by atoms with Gasteiger partial charge in [-0.1, -0.05) is 64.6 Å². The Hall–Kier alpha value is -4.07. The molecule has 5 nitrogen and oxygen atoms in total. The Balaban J connectivity index is 0.000000729. The fourth-order valence-electron chi connectivity index (χ4n) is 4.14. The molecule has 286 valence electrons. The number of aliphatic carboxylic acids is 1. The normalized spacial score (nSPS) is 13.3. The minimum Gasteiger partial charge on any atom is -0.481 e. The van der Waals surface area contributed by atoms with Gasteiger partial charge >= 0.3 is 24.5 Å². The van der Waals surface area contributed by atoms with Crippen LogP contribution in [-0.4, -0.2) is 23.5 Å². The van der Waals surface area contributed by atoms with Crippen molar-refractivity contribution in [1.29, 1.82) is 0 Å². The van der Waals surface area contributed by atoms with Crippen LogP contribution in [0.4, 0.5) is 39.5 Å². The summed E-state index contributed by atoms with van der Waals surface area (Å²) < 4.78 is 110. The van der Waals surface area contributed by atoms with Crippen molar-refractivity contribution in [1.82, 2.24) is 0 Å². The van der Waals surface area contributed by atoms with E-state index in [9.17, 15) is 49.1 Å². The van der Waals surface area contributed by atoms with Crippen molar-refractivity contribution in [3.8, 4) is 0 Å². The molecule has 0 aromatic heterocycles. The number of rotatable bonds is 12. The lowest BCUT2D eigenvalue weighted by Gasteiger charge is -2.09. The predicted octanol–water partition coefficient (Wildman–Crippen LogP) is 9.99. The number of carboxylic acid groups (broad SMARTS) is 1. The maximum Gasteiger partial charge on any atom is 0.416 e. The van der Waals surface area contributed by atoms with Crippen molar-refractivity contribution < 1.29 is 54.2 Å². The van der Waals surface area contributed by atoms with Crippen LogP contribution in [0.15, 0.2) is 72.8 Å². The highest BCUT2D eigenvalue weighted by atomic mass is 19.4. The fraction of sp³-hybridized carbons (Fsp3) is 0.459. The molecule has 0 aliphatic carbocycles. The van der Waals surface area contributed by atoms with E-state index in [-0.39, 0.29) is 13.3 Å². The summed E-state index contributed by atoms with van der Waals surface area (Å²) in [5.41, 5.74) is 11.0. The number of hydrogen-bond acceptors (Lipinski definition) is 3. The molecule has 0 bridgehead atoms. The molecule has 0 saturated heterocycles. The second-order valence-corrected chi connectivity index (χ2v) is 12.1. The van der Waals surface area contributed by atoms with E-state index in [2.05, 4.69) is 0 Å². The third-order valence-electron chi connectivity index (χ3n) is 7.81. The van der Waals surface area contributed by atoms with Gasteiger partial charge in [-0.25, -0.2) is 0 Å². The van der Waals surface area contributed by atoms with Gasteiger partial charge < -0.3 is 16.6 Å². The number of carbonyl (C=O) groups is 2. The van der Waals surface area contributed by atoms with Crippen LogP contribution in [0.1, 0.15) is 80.8 Å². The lowest BCUT2D eigenvalue weighted by Crippen LogP contribution is -2.20. The molecule has 14 heteroatoms. The first-order valence-electron chi connectivity index (χ1n) is 15.7. The van der Waals surface area contributed by atoms with E-state index in [0.717, 1.165) is 60.4 Å². The third kappa shape index (κ3) is 18.7. The molecule has 51 heavy (non-hydrogen) atoms. The molecular formula is C37H47F9N2O3. The molecule has 3 aromatic rings. The summed E-state index contributed by atoms with van der Waals surface area (Å²) in [5.74, 6) is -1.63. The summed E-state index contributed by atoms with van der Waals surface area (Å²) in [4.78, 5) is 21.3. The van der Waals surface area contributed by atoms with Gasteiger partial charge in [-0.2, -0.15) is 39.5 Å². The Morgan fingerprint density at radius 2 is 0.843 bits per heavy atom. The topological polar surface area (TPSA) is 106 Å². The standard InChI is InChI=1S/C12H14F3NO.C12H16F3N.C12H13F3O2.CH4/c1-8(11(16)17)2-3-9-4-6-10(7-5-9)12(13,14)15;1-9(8-16)2-3-10-4-6-11(7-5-10)12(13,14)15;1-8(11(16)17)2-3-9-4-6-10(7-5-9)12(13,14)15;/h4-8H,2-3H2,1H3,(H2,16,17);4-7,9H,2-3,8,16H2,1H3;4-8H,2-3H2,1H3,(H,16,17);1H4/t8-;9-;8-;/m111./s1. The Labute approximate surface area is 293 Å². The number of hydrogen-bond donors (Lipinski definition) is 3. The van der Waals surface area contributed by atoms with Crippen molar-refractivity contribution in [2.24, 2.45) is 29.2 Å². The highest BCUT2D eigenvalue weighted by Crippen LogP contribution is 2.31. The lowest BCUT2D eigenvalue weighted by molar-refractivity contribution is -0.141. The van der Waals surface area contributed by atoms with Crippen LogP contribution < -0.4 is 11.5 Å². The van der Waals surface area contributed by atoms with Gasteiger partial charge in [0.05, 0.1) is 22.6 Å². The molecule has 3 atom stereocenters. The van der Waals surface area contributed by atoms with Gasteiger partial charge in [-0.3, -0.25) is 9.59 Å². The summed E-state index contributed by atoms with van der Waals surface area (Å²) in [6.07, 6.45) is -9.23. The predicted molar refractivity (Wildman–Crippen MR) is 179 cm³/mol. The first-order chi connectivity index (χ1) is 23.0. The SMILES string of the molecule is C.C[C@@H](CN)CCc1ccc(C(F)(F)F)cc1.C[C@H](CCc1ccc(C(F)(F)F)cc1)C(=O)O.C[C@H](CCc1ccc(C(F)(F)F)cc1)C(N)=O. The molecule has 0 heterocycles. The highest BCUT2D eigenvalue weighted by molar-refractivity contribution is 5.76. The maximum absolute atomic E-state index is 12.3. The van der Waals surface area contributed by atoms with Crippen molar-refractivity contribution in [3.63, 3.8) is 0 Å². The van der Waals surface area contributed by atoms with Gasteiger partial charge in [0.15, 0.2) is 0 Å². The maximum atomic E-state index is 12.3. The fourth-order valence-corrected chi connectivity index (χ4v) is 4.14. The molecule has 0 saturated carbocycles. The average molecular weight is 739 g/mol. The second kappa shape index (κ2) is 21.3. The summed E-state index contributed by atoms with van der Waals surface area (Å²) in [7, 11) is 0. The quantitative estimate of drug-likeness (QED) is 0.161. The van der Waals surface area contributed by atoms with Crippen LogP contribution in [0.25, 0.3) is 0 Å². The van der Waals surface area contributed by atoms with E-state index < -0.39 is 53.0 Å². The molecule has 0 unspecified atom stereocenters. The van der Waals surface area contributed by atoms with E-state index in [1.54, 1.807) is 13.8 Å². The average Bonchev–Trinajstić information content (AvgIpc) is 3.04. The number of carbonyl (C=O) groups excluding carboxylic acids is 1. The van der Waals surface area contributed by atoms with Crippen molar-refractivity contribution >= 4 is 11.9 Å². The second-order valence-electron chi connectivity index (χ2n) is 12.1. The van der Waals surface area contributed by atoms with Crippen molar-refractivity contribution in [2.75, 3.05) is 6.54 Å². The number of nitrogens with two attached hydrogens (primary N) is 2. The Kier molecular flexibility index (Phi) is 19.6. The summed E-state index contributed by atoms with van der Waals surface area (Å²) in [6, 6.07) is 15.1. The lowest BCUT2D eigenvalue weighted by atomic mass is 10.00. The third-order valence-corrected chi connectivity index (χ3v) is 7.81. The van der Waals surface area contributed by atoms with Crippen LogP contribution in [0, 0.1) is 17.8 Å². The molecule has 0 spiro atoms. The first-order valence-corrected chi connectivity index (χ1v) is 15.7. The minimum atomic E-state index is -4.33. The van der Waals surface area contributed by atoms with Gasteiger partial charge in [0.2, 0.25) is 5.91 Å². The smallest absolute Gasteiger partial charge is 0.416 e. The zero-order chi connectivity index (χ0) is 38.3. The molecule has 0 radical (unpaired) electrons. The van der Waals surface area contributed by atoms with E-state index in [0.29, 0.717) is 43.7 Å². The monoisotopic (exact) mass is 738 g/mol. The van der Waals surface area contributed by atoms with Gasteiger partial charge in [-0.05, 0) is 104 Å². The Morgan fingerprint density at radius 1 is 0.569 bits per heavy atom. The molecule has 0 fully saturated rings. The molecule has 0 aliphatic heterocycles. The Morgan fingerprint density at radius 3 is 1.08 bits per heavy atom. The van der Waals surface area contributed by atoms with E-state index in [1.807, 2.05) is 6.92 Å². The van der Waals surface area contributed by atoms with E-state index in [1.165, 1.54) is 36.4 Å². The summed E-state index contributed by atoms with van der Waals surface area (Å²) in [6.45, 7) is 5.92. The first kappa shape index (κ1) is 46.9. The largest absolute Gasteiger partial charge is 0.481 e. The molecule has 3 aromatic carbocycles. The number of aryl methyl sites for hydroxylation is 3. The number of amides is 1. The van der Waals surface area contributed by atoms with Gasteiger partial charge in [0, 0.05) is 5.92 Å². The molecule has 3 rings (SSSR count). The van der Waals surface area contributed by atoms with Gasteiger partial charge in [0.25, 0.3) is 0 Å². The zero-order valence-electron chi connectivity index (χ0n) is 27.9. The number of benzene rings is 3. The number of halogens is 9. The molecule has 1 amide bonds. The van der Waals surface area contributed by atoms with Crippen LogP contribution >= 0.6 is 0 Å². The Bertz CT molecular complexity index is 1360. The van der Waals surface area contributed by atoms with Crippen molar-refractivity contribution in [2.45, 2.75) is 85.3 Å². The number of primary amides is 1. The minimum absolute atomic E-state index is 0. The van der Waals surface area contributed by atoms with Crippen LogP contribution in [0.5, 0.6) is 0 Å². The van der Waals surface area contributed by atoms with Crippen LogP contribution in [0.3, 0.4) is 0 Å². The van der Waals surface area contributed by atoms with E-state index in [4.69, 9.17) is 16.6 Å². The van der Waals surface area contributed by atoms with E-state index >= 15 is 0 Å². The summed E-state index contributed by atoms with van der Waals surface area (Å²) >= 11 is 0. The molecule has 5 N–H and O–H groups in total.